The number of ether oxygens (including phenoxy) is 1. The molecule has 6 rings (SSSR count). The largest absolute Gasteiger partial charge is 0.485 e. The molecule has 38 heavy (non-hydrogen) atoms. The Morgan fingerprint density at radius 1 is 0.947 bits per heavy atom. The molecule has 198 valence electrons. The number of aromatic nitrogens is 6. The quantitative estimate of drug-likeness (QED) is 0.370. The van der Waals surface area contributed by atoms with Gasteiger partial charge < -0.3 is 14.5 Å². The van der Waals surface area contributed by atoms with Crippen molar-refractivity contribution in [2.75, 3.05) is 45.2 Å². The molecular weight excluding hydrogens is 478 g/mol. The Kier molecular flexibility index (Phi) is 6.45. The minimum absolute atomic E-state index is 0.0915. The van der Waals surface area contributed by atoms with E-state index in [0.717, 1.165) is 73.2 Å². The molecule has 0 spiro atoms. The molecule has 2 saturated heterocycles. The van der Waals surface area contributed by atoms with Crippen molar-refractivity contribution in [1.29, 1.82) is 0 Å². The summed E-state index contributed by atoms with van der Waals surface area (Å²) >= 11 is 0. The van der Waals surface area contributed by atoms with Gasteiger partial charge in [-0.1, -0.05) is 12.1 Å². The number of anilines is 1. The highest BCUT2D eigenvalue weighted by Crippen LogP contribution is 2.29. The van der Waals surface area contributed by atoms with E-state index in [-0.39, 0.29) is 6.10 Å². The van der Waals surface area contributed by atoms with Gasteiger partial charge in [0.25, 0.3) is 5.78 Å². The highest BCUT2D eigenvalue weighted by atomic mass is 16.5. The van der Waals surface area contributed by atoms with Crippen LogP contribution >= 0.6 is 0 Å². The number of hydrogen-bond donors (Lipinski definition) is 0. The van der Waals surface area contributed by atoms with E-state index in [0.29, 0.717) is 17.6 Å². The van der Waals surface area contributed by atoms with Gasteiger partial charge in [-0.05, 0) is 59.1 Å². The number of nitrogens with zero attached hydrogens (tertiary/aromatic N) is 9. The average Bonchev–Trinajstić information content (AvgIpc) is 3.50. The van der Waals surface area contributed by atoms with Gasteiger partial charge in [0.15, 0.2) is 5.75 Å². The molecule has 2 aliphatic heterocycles. The van der Waals surface area contributed by atoms with Gasteiger partial charge in [0.1, 0.15) is 11.9 Å². The Hall–Kier alpha value is -3.63. The molecule has 10 heteroatoms. The Morgan fingerprint density at radius 2 is 1.74 bits per heavy atom. The lowest BCUT2D eigenvalue weighted by atomic mass is 10.1. The number of hydrogen-bond acceptors (Lipinski definition) is 9. The fourth-order valence-corrected chi connectivity index (χ4v) is 5.32. The van der Waals surface area contributed by atoms with E-state index in [9.17, 15) is 0 Å². The zero-order chi connectivity index (χ0) is 26.4. The third kappa shape index (κ3) is 4.81. The van der Waals surface area contributed by atoms with Crippen LogP contribution in [0.2, 0.25) is 0 Å². The lowest BCUT2D eigenvalue weighted by Crippen LogP contribution is -2.56. The van der Waals surface area contributed by atoms with Crippen LogP contribution in [0.4, 0.5) is 5.69 Å². The van der Waals surface area contributed by atoms with Gasteiger partial charge >= 0.3 is 0 Å². The van der Waals surface area contributed by atoms with Gasteiger partial charge in [-0.2, -0.15) is 19.7 Å². The zero-order valence-electron chi connectivity index (χ0n) is 22.8. The summed E-state index contributed by atoms with van der Waals surface area (Å²) in [6.45, 7) is 10.7. The molecule has 1 unspecified atom stereocenters. The monoisotopic (exact) mass is 513 g/mol. The van der Waals surface area contributed by atoms with E-state index < -0.39 is 0 Å². The second-order valence-corrected chi connectivity index (χ2v) is 10.7. The van der Waals surface area contributed by atoms with Gasteiger partial charge in [-0.3, -0.25) is 4.90 Å². The molecule has 2 aliphatic rings. The maximum atomic E-state index is 6.45. The van der Waals surface area contributed by atoms with E-state index in [1.54, 1.807) is 4.52 Å². The van der Waals surface area contributed by atoms with Crippen LogP contribution < -0.4 is 9.64 Å². The molecule has 1 aromatic carbocycles. The van der Waals surface area contributed by atoms with E-state index in [1.165, 1.54) is 5.69 Å². The van der Waals surface area contributed by atoms with Crippen molar-refractivity contribution in [2.24, 2.45) is 0 Å². The first-order chi connectivity index (χ1) is 18.3. The third-order valence-electron chi connectivity index (χ3n) is 7.67. The molecule has 0 radical (unpaired) electrons. The molecule has 10 nitrogen and oxygen atoms in total. The minimum Gasteiger partial charge on any atom is -0.485 e. The van der Waals surface area contributed by atoms with Crippen molar-refractivity contribution in [1.82, 2.24) is 39.6 Å². The summed E-state index contributed by atoms with van der Waals surface area (Å²) in [4.78, 5) is 16.0. The second kappa shape index (κ2) is 9.92. The van der Waals surface area contributed by atoms with Crippen LogP contribution in [0, 0.1) is 20.8 Å². The van der Waals surface area contributed by atoms with Gasteiger partial charge in [0, 0.05) is 49.9 Å². The summed E-state index contributed by atoms with van der Waals surface area (Å²) in [6, 6.07) is 13.4. The first kappa shape index (κ1) is 24.7. The highest BCUT2D eigenvalue weighted by molar-refractivity contribution is 5.63. The molecule has 0 saturated carbocycles. The predicted molar refractivity (Wildman–Crippen MR) is 146 cm³/mol. The third-order valence-corrected chi connectivity index (χ3v) is 7.67. The fraction of sp³-hybridized carbons (Fsp3) is 0.464. The van der Waals surface area contributed by atoms with Crippen LogP contribution in [0.5, 0.6) is 5.75 Å². The van der Waals surface area contributed by atoms with Crippen LogP contribution in [0.25, 0.3) is 17.0 Å². The Balaban J connectivity index is 1.07. The number of fused-ring (bicyclic) bond motifs is 1. The maximum absolute atomic E-state index is 6.45. The molecule has 0 bridgehead atoms. The van der Waals surface area contributed by atoms with Crippen LogP contribution in [0.3, 0.4) is 0 Å². The smallest absolute Gasteiger partial charge is 0.253 e. The standard InChI is InChI=1S/C28H35N9O/c1-18-27(19(2)37-28(29-18)30-20(3)33-37)38-25-12-13-36(17-25)23-9-6-21(7-10-23)26-11-8-22(31-32-26)14-35-15-24(16-35)34(4)5/h6-11,24-25H,12-17H2,1-5H3. The first-order valence-corrected chi connectivity index (χ1v) is 13.3. The van der Waals surface area contributed by atoms with Crippen LogP contribution in [-0.2, 0) is 6.54 Å². The SMILES string of the molecule is Cc1nc2nc(C)c(OC3CCN(c4ccc(-c5ccc(CN6CC(N(C)C)C6)nn5)cc4)C3)c(C)n2n1. The van der Waals surface area contributed by atoms with E-state index in [4.69, 9.17) is 4.74 Å². The highest BCUT2D eigenvalue weighted by Gasteiger charge is 2.28. The van der Waals surface area contributed by atoms with Crippen LogP contribution in [0.1, 0.15) is 29.3 Å². The lowest BCUT2D eigenvalue weighted by molar-refractivity contribution is 0.0562. The summed E-state index contributed by atoms with van der Waals surface area (Å²) in [6.07, 6.45) is 1.04. The van der Waals surface area contributed by atoms with Crippen molar-refractivity contribution in [3.63, 3.8) is 0 Å². The van der Waals surface area contributed by atoms with Gasteiger partial charge in [-0.25, -0.2) is 4.98 Å². The maximum Gasteiger partial charge on any atom is 0.253 e. The number of aryl methyl sites for hydroxylation is 3. The normalized spacial score (nSPS) is 18.5. The van der Waals surface area contributed by atoms with Gasteiger partial charge in [0.2, 0.25) is 0 Å². The molecule has 0 aliphatic carbocycles. The topological polar surface area (TPSA) is 87.8 Å². The summed E-state index contributed by atoms with van der Waals surface area (Å²) in [5.41, 5.74) is 5.96. The van der Waals surface area contributed by atoms with Crippen LogP contribution in [-0.4, -0.2) is 92.0 Å². The minimum atomic E-state index is 0.0915. The number of benzene rings is 1. The van der Waals surface area contributed by atoms with Crippen molar-refractivity contribution in [2.45, 2.75) is 45.9 Å². The molecule has 0 N–H and O–H groups in total. The van der Waals surface area contributed by atoms with Crippen molar-refractivity contribution in [3.05, 3.63) is 59.3 Å². The first-order valence-electron chi connectivity index (χ1n) is 13.3. The lowest BCUT2D eigenvalue weighted by Gasteiger charge is -2.42. The Bertz CT molecular complexity index is 1430. The zero-order valence-corrected chi connectivity index (χ0v) is 22.8. The average molecular weight is 514 g/mol. The molecular formula is C28H35N9O. The summed E-state index contributed by atoms with van der Waals surface area (Å²) in [7, 11) is 4.28. The molecule has 4 aromatic rings. The molecule has 1 atom stereocenters. The molecule has 5 heterocycles. The summed E-state index contributed by atoms with van der Waals surface area (Å²) in [5, 5.41) is 13.4. The van der Waals surface area contributed by atoms with Crippen molar-refractivity contribution >= 4 is 11.5 Å². The fourth-order valence-electron chi connectivity index (χ4n) is 5.32. The van der Waals surface area contributed by atoms with E-state index in [2.05, 4.69) is 90.5 Å². The molecule has 0 amide bonds. The van der Waals surface area contributed by atoms with E-state index >= 15 is 0 Å². The van der Waals surface area contributed by atoms with Gasteiger partial charge in [0.05, 0.1) is 29.3 Å². The Labute approximate surface area is 223 Å². The predicted octanol–water partition coefficient (Wildman–Crippen LogP) is 2.91. The Morgan fingerprint density at radius 3 is 2.45 bits per heavy atom. The number of rotatable bonds is 7. The van der Waals surface area contributed by atoms with Crippen molar-refractivity contribution in [3.8, 4) is 17.0 Å². The number of likely N-dealkylation sites (tertiary alicyclic amines) is 1. The molecule has 3 aromatic heterocycles. The second-order valence-electron chi connectivity index (χ2n) is 10.7. The van der Waals surface area contributed by atoms with Gasteiger partial charge in [-0.15, -0.1) is 5.10 Å². The summed E-state index contributed by atoms with van der Waals surface area (Å²) < 4.78 is 8.22. The molecule has 2 fully saturated rings. The van der Waals surface area contributed by atoms with E-state index in [1.807, 2.05) is 20.8 Å². The number of likely N-dealkylation sites (N-methyl/N-ethyl adjacent to an activating group) is 1. The van der Waals surface area contributed by atoms with Crippen LogP contribution in [0.15, 0.2) is 36.4 Å². The van der Waals surface area contributed by atoms with Crippen molar-refractivity contribution < 1.29 is 4.74 Å². The summed E-state index contributed by atoms with van der Waals surface area (Å²) in [5.74, 6) is 2.13.